The fourth-order valence-electron chi connectivity index (χ4n) is 3.07. The van der Waals surface area contributed by atoms with Crippen LogP contribution in [0, 0.1) is 11.7 Å². The SMILES string of the molecule is CC(C)NCC1CCCN(C(C)c2cc(F)ccc2O)C1. The van der Waals surface area contributed by atoms with Gasteiger partial charge in [-0.15, -0.1) is 0 Å². The van der Waals surface area contributed by atoms with E-state index in [9.17, 15) is 9.50 Å². The summed E-state index contributed by atoms with van der Waals surface area (Å²) in [4.78, 5) is 2.35. The molecule has 0 radical (unpaired) electrons. The van der Waals surface area contributed by atoms with Gasteiger partial charge in [0, 0.05) is 24.2 Å². The number of phenolic OH excluding ortho intramolecular Hbond substituents is 1. The number of phenols is 1. The largest absolute Gasteiger partial charge is 0.508 e. The Kier molecular flexibility index (Phi) is 5.59. The van der Waals surface area contributed by atoms with E-state index < -0.39 is 0 Å². The van der Waals surface area contributed by atoms with Gasteiger partial charge in [-0.25, -0.2) is 4.39 Å². The number of hydrogen-bond donors (Lipinski definition) is 2. The Bertz CT molecular complexity index is 464. The fraction of sp³-hybridized carbons (Fsp3) is 0.647. The molecule has 0 aliphatic carbocycles. The normalized spacial score (nSPS) is 21.7. The van der Waals surface area contributed by atoms with Crippen molar-refractivity contribution in [3.63, 3.8) is 0 Å². The lowest BCUT2D eigenvalue weighted by molar-refractivity contribution is 0.128. The zero-order valence-corrected chi connectivity index (χ0v) is 13.3. The summed E-state index contributed by atoms with van der Waals surface area (Å²) in [7, 11) is 0. The molecule has 2 rings (SSSR count). The monoisotopic (exact) mass is 294 g/mol. The Morgan fingerprint density at radius 3 is 2.86 bits per heavy atom. The number of benzene rings is 1. The van der Waals surface area contributed by atoms with Crippen LogP contribution in [-0.2, 0) is 0 Å². The molecule has 0 amide bonds. The topological polar surface area (TPSA) is 35.5 Å². The predicted octanol–water partition coefficient (Wildman–Crippen LogP) is 3.30. The summed E-state index contributed by atoms with van der Waals surface area (Å²) in [6.45, 7) is 9.40. The predicted molar refractivity (Wildman–Crippen MR) is 83.9 cm³/mol. The molecule has 1 saturated heterocycles. The molecule has 118 valence electrons. The van der Waals surface area contributed by atoms with E-state index in [2.05, 4.69) is 24.1 Å². The standard InChI is InChI=1S/C17H27FN2O/c1-12(2)19-10-14-5-4-8-20(11-14)13(3)16-9-15(18)6-7-17(16)21/h6-7,9,12-14,19,21H,4-5,8,10-11H2,1-3H3. The average Bonchev–Trinajstić information content (AvgIpc) is 2.47. The van der Waals surface area contributed by atoms with E-state index in [4.69, 9.17) is 0 Å². The van der Waals surface area contributed by atoms with Crippen molar-refractivity contribution in [3.05, 3.63) is 29.6 Å². The first-order valence-corrected chi connectivity index (χ1v) is 7.93. The molecular weight excluding hydrogens is 267 g/mol. The number of piperidine rings is 1. The minimum atomic E-state index is -0.287. The van der Waals surface area contributed by atoms with Gasteiger partial charge in [0.15, 0.2) is 0 Å². The second kappa shape index (κ2) is 7.23. The Hall–Kier alpha value is -1.13. The van der Waals surface area contributed by atoms with E-state index in [-0.39, 0.29) is 17.6 Å². The van der Waals surface area contributed by atoms with Gasteiger partial charge in [0.1, 0.15) is 11.6 Å². The van der Waals surface area contributed by atoms with Gasteiger partial charge in [0.05, 0.1) is 0 Å². The molecule has 1 aliphatic heterocycles. The molecule has 0 spiro atoms. The Morgan fingerprint density at radius 1 is 1.38 bits per heavy atom. The molecule has 0 aromatic heterocycles. The average molecular weight is 294 g/mol. The van der Waals surface area contributed by atoms with E-state index >= 15 is 0 Å². The third-order valence-corrected chi connectivity index (χ3v) is 4.35. The van der Waals surface area contributed by atoms with Crippen molar-refractivity contribution in [2.24, 2.45) is 5.92 Å². The van der Waals surface area contributed by atoms with Crippen molar-refractivity contribution in [3.8, 4) is 5.75 Å². The Balaban J connectivity index is 2.01. The number of aromatic hydroxyl groups is 1. The Labute approximate surface area is 127 Å². The number of nitrogens with zero attached hydrogens (tertiary/aromatic N) is 1. The number of rotatable bonds is 5. The first kappa shape index (κ1) is 16.2. The van der Waals surface area contributed by atoms with Crippen molar-refractivity contribution in [2.75, 3.05) is 19.6 Å². The number of likely N-dealkylation sites (tertiary alicyclic amines) is 1. The lowest BCUT2D eigenvalue weighted by Crippen LogP contribution is -2.42. The van der Waals surface area contributed by atoms with Crippen LogP contribution in [0.15, 0.2) is 18.2 Å². The highest BCUT2D eigenvalue weighted by Crippen LogP contribution is 2.31. The maximum atomic E-state index is 13.4. The van der Waals surface area contributed by atoms with Crippen molar-refractivity contribution >= 4 is 0 Å². The highest BCUT2D eigenvalue weighted by molar-refractivity contribution is 5.35. The van der Waals surface area contributed by atoms with Crippen molar-refractivity contribution in [2.45, 2.75) is 45.7 Å². The molecule has 2 atom stereocenters. The van der Waals surface area contributed by atoms with E-state index in [0.29, 0.717) is 17.5 Å². The lowest BCUT2D eigenvalue weighted by Gasteiger charge is -2.37. The maximum Gasteiger partial charge on any atom is 0.123 e. The molecule has 21 heavy (non-hydrogen) atoms. The first-order valence-electron chi connectivity index (χ1n) is 7.93. The van der Waals surface area contributed by atoms with Crippen LogP contribution in [-0.4, -0.2) is 35.7 Å². The second-order valence-electron chi connectivity index (χ2n) is 6.45. The van der Waals surface area contributed by atoms with Crippen LogP contribution in [0.3, 0.4) is 0 Å². The summed E-state index contributed by atoms with van der Waals surface area (Å²) in [6.07, 6.45) is 2.39. The highest BCUT2D eigenvalue weighted by atomic mass is 19.1. The van der Waals surface area contributed by atoms with Crippen LogP contribution in [0.1, 0.15) is 45.2 Å². The quantitative estimate of drug-likeness (QED) is 0.874. The van der Waals surface area contributed by atoms with Gasteiger partial charge < -0.3 is 10.4 Å². The van der Waals surface area contributed by atoms with Crippen LogP contribution in [0.5, 0.6) is 5.75 Å². The van der Waals surface area contributed by atoms with Crippen LogP contribution in [0.2, 0.25) is 0 Å². The third-order valence-electron chi connectivity index (χ3n) is 4.35. The summed E-state index contributed by atoms with van der Waals surface area (Å²) in [5.41, 5.74) is 0.687. The number of hydrogen-bond acceptors (Lipinski definition) is 3. The molecule has 2 unspecified atom stereocenters. The first-order chi connectivity index (χ1) is 9.97. The van der Waals surface area contributed by atoms with Crippen molar-refractivity contribution in [1.82, 2.24) is 10.2 Å². The van der Waals surface area contributed by atoms with Gasteiger partial charge in [-0.3, -0.25) is 4.90 Å². The molecule has 0 saturated carbocycles. The smallest absolute Gasteiger partial charge is 0.123 e. The molecule has 4 heteroatoms. The minimum absolute atomic E-state index is 0.0440. The van der Waals surface area contributed by atoms with E-state index in [0.717, 1.165) is 26.1 Å². The number of nitrogens with one attached hydrogen (secondary N) is 1. The van der Waals surface area contributed by atoms with E-state index in [1.165, 1.54) is 24.6 Å². The lowest BCUT2D eigenvalue weighted by atomic mass is 9.94. The third kappa shape index (κ3) is 4.42. The van der Waals surface area contributed by atoms with Gasteiger partial charge in [0.2, 0.25) is 0 Å². The molecule has 1 aromatic rings. The van der Waals surface area contributed by atoms with Crippen LogP contribution >= 0.6 is 0 Å². The summed E-state index contributed by atoms with van der Waals surface area (Å²) in [6, 6.07) is 4.75. The van der Waals surface area contributed by atoms with Gasteiger partial charge in [-0.2, -0.15) is 0 Å². The van der Waals surface area contributed by atoms with Crippen LogP contribution < -0.4 is 5.32 Å². The molecule has 1 aliphatic rings. The summed E-state index contributed by atoms with van der Waals surface area (Å²) in [5.74, 6) is 0.523. The minimum Gasteiger partial charge on any atom is -0.508 e. The summed E-state index contributed by atoms with van der Waals surface area (Å²) in [5, 5.41) is 13.5. The van der Waals surface area contributed by atoms with Crippen LogP contribution in [0.4, 0.5) is 4.39 Å². The summed E-state index contributed by atoms with van der Waals surface area (Å²) >= 11 is 0. The van der Waals surface area contributed by atoms with E-state index in [1.807, 2.05) is 6.92 Å². The Morgan fingerprint density at radius 2 is 2.14 bits per heavy atom. The van der Waals surface area contributed by atoms with Gasteiger partial charge in [-0.1, -0.05) is 13.8 Å². The second-order valence-corrected chi connectivity index (χ2v) is 6.45. The van der Waals surface area contributed by atoms with Gasteiger partial charge in [-0.05, 0) is 57.0 Å². The zero-order valence-electron chi connectivity index (χ0n) is 13.3. The molecule has 3 nitrogen and oxygen atoms in total. The van der Waals surface area contributed by atoms with Crippen molar-refractivity contribution in [1.29, 1.82) is 0 Å². The van der Waals surface area contributed by atoms with Crippen molar-refractivity contribution < 1.29 is 9.50 Å². The van der Waals surface area contributed by atoms with E-state index in [1.54, 1.807) is 0 Å². The van der Waals surface area contributed by atoms with Gasteiger partial charge in [0.25, 0.3) is 0 Å². The molecule has 2 N–H and O–H groups in total. The maximum absolute atomic E-state index is 13.4. The molecule has 1 heterocycles. The fourth-order valence-corrected chi connectivity index (χ4v) is 3.07. The molecule has 1 aromatic carbocycles. The zero-order chi connectivity index (χ0) is 15.4. The number of halogens is 1. The molecule has 0 bridgehead atoms. The highest BCUT2D eigenvalue weighted by Gasteiger charge is 2.25. The molecular formula is C17H27FN2O. The molecule has 1 fully saturated rings. The summed E-state index contributed by atoms with van der Waals surface area (Å²) < 4.78 is 13.4. The van der Waals surface area contributed by atoms with Gasteiger partial charge >= 0.3 is 0 Å². The van der Waals surface area contributed by atoms with Crippen LogP contribution in [0.25, 0.3) is 0 Å².